The van der Waals surface area contributed by atoms with Gasteiger partial charge in [-0.3, -0.25) is 0 Å². The molecule has 0 spiro atoms. The van der Waals surface area contributed by atoms with E-state index in [1.54, 1.807) is 20.9 Å². The van der Waals surface area contributed by atoms with E-state index in [2.05, 4.69) is 0 Å². The third kappa shape index (κ3) is 3.24. The Balaban J connectivity index is 3.36. The molecule has 0 aliphatic carbocycles. The van der Waals surface area contributed by atoms with Crippen LogP contribution in [0.25, 0.3) is 0 Å². The van der Waals surface area contributed by atoms with Gasteiger partial charge >= 0.3 is 48.2 Å². The second-order valence-electron chi connectivity index (χ2n) is 1.24. The van der Waals surface area contributed by atoms with Gasteiger partial charge in [0.05, 0.1) is 0 Å². The Kier molecular flexibility index (Phi) is 3.09. The van der Waals surface area contributed by atoms with E-state index in [1.165, 1.54) is 0 Å². The van der Waals surface area contributed by atoms with Gasteiger partial charge in [0.15, 0.2) is 0 Å². The first-order valence-electron chi connectivity index (χ1n) is 1.91. The van der Waals surface area contributed by atoms with E-state index in [9.17, 15) is 0 Å². The summed E-state index contributed by atoms with van der Waals surface area (Å²) in [7, 11) is 0.910. The Morgan fingerprint density at radius 1 is 1.29 bits per heavy atom. The van der Waals surface area contributed by atoms with Crippen LogP contribution in [0.1, 0.15) is 0 Å². The zero-order valence-corrected chi connectivity index (χ0v) is 6.45. The molecule has 0 unspecified atom stereocenters. The Morgan fingerprint density at radius 3 is 1.57 bits per heavy atom. The summed E-state index contributed by atoms with van der Waals surface area (Å²) in [5.41, 5.74) is 0. The summed E-state index contributed by atoms with van der Waals surface area (Å²) in [6.07, 6.45) is 0. The molecule has 46 valence electrons. The summed E-state index contributed by atoms with van der Waals surface area (Å²) in [5, 5.41) is 0. The molecule has 7 heavy (non-hydrogen) atoms. The monoisotopic (exact) mass is 144 g/mol. The molecular weight excluding hydrogens is 134 g/mol. The second-order valence-corrected chi connectivity index (χ2v) is 5.79. The van der Waals surface area contributed by atoms with Gasteiger partial charge in [-0.2, -0.15) is 0 Å². The van der Waals surface area contributed by atoms with Gasteiger partial charge in [0.2, 0.25) is 0 Å². The predicted molar refractivity (Wildman–Crippen MR) is 34.1 cm³/mol. The van der Waals surface area contributed by atoms with Gasteiger partial charge in [0.25, 0.3) is 0 Å². The maximum absolute atomic E-state index is 5.60. The summed E-state index contributed by atoms with van der Waals surface area (Å²) >= 11 is 5.60. The van der Waals surface area contributed by atoms with Gasteiger partial charge < -0.3 is 0 Å². The molecule has 4 heteroatoms. The van der Waals surface area contributed by atoms with Crippen molar-refractivity contribution in [1.82, 2.24) is 0 Å². The molecule has 0 radical (unpaired) electrons. The van der Waals surface area contributed by atoms with E-state index >= 15 is 0 Å². The molecule has 2 nitrogen and oxygen atoms in total. The molecule has 0 saturated heterocycles. The number of rotatable bonds is 2. The van der Waals surface area contributed by atoms with Crippen LogP contribution in [0.2, 0.25) is 0 Å². The third-order valence-corrected chi connectivity index (χ3v) is 3.11. The summed E-state index contributed by atoms with van der Waals surface area (Å²) < 4.78 is 9.54. The number of hydrogen-bond donors (Lipinski definition) is 0. The van der Waals surface area contributed by atoms with Gasteiger partial charge in [0, 0.05) is 0 Å². The van der Waals surface area contributed by atoms with Crippen molar-refractivity contribution in [2.45, 2.75) is 0 Å². The van der Waals surface area contributed by atoms with Crippen LogP contribution in [0.15, 0.2) is 0 Å². The van der Waals surface area contributed by atoms with Crippen molar-refractivity contribution >= 4 is 18.3 Å². The van der Waals surface area contributed by atoms with Gasteiger partial charge in [-0.25, -0.2) is 0 Å². The number of hydrogen-bond acceptors (Lipinski definition) is 2. The molecule has 0 aromatic heterocycles. The van der Waals surface area contributed by atoms with Gasteiger partial charge in [0.1, 0.15) is 0 Å². The van der Waals surface area contributed by atoms with Crippen LogP contribution in [-0.2, 0) is 9.05 Å². The number of halogens is 1. The van der Waals surface area contributed by atoms with Crippen molar-refractivity contribution in [1.29, 1.82) is 0 Å². The van der Waals surface area contributed by atoms with Crippen molar-refractivity contribution in [3.8, 4) is 0 Å². The average Bonchev–Trinajstić information content (AvgIpc) is 1.68. The van der Waals surface area contributed by atoms with Crippen LogP contribution in [0, 0.1) is 0 Å². The van der Waals surface area contributed by atoms with E-state index in [-0.39, 0.29) is 0 Å². The quantitative estimate of drug-likeness (QED) is 0.549. The first kappa shape index (κ1) is 7.64. The first-order valence-corrected chi connectivity index (χ1v) is 5.24. The zero-order chi connectivity index (χ0) is 5.91. The maximum atomic E-state index is 5.60. The molecule has 0 amide bonds. The fourth-order valence-electron chi connectivity index (χ4n) is 0.0833. The molecule has 0 aromatic carbocycles. The Morgan fingerprint density at radius 2 is 1.57 bits per heavy atom. The fourth-order valence-corrected chi connectivity index (χ4v) is 0.250. The van der Waals surface area contributed by atoms with Gasteiger partial charge in [-0.05, 0) is 0 Å². The molecule has 0 heterocycles. The van der Waals surface area contributed by atoms with E-state index in [1.807, 2.05) is 0 Å². The van der Waals surface area contributed by atoms with Crippen LogP contribution in [-0.4, -0.2) is 20.9 Å². The Hall–Kier alpha value is 0.640. The normalized spacial score (nSPS) is 14.3. The molecule has 0 fully saturated rings. The summed E-state index contributed by atoms with van der Waals surface area (Å²) in [4.78, 5) is 0. The SMILES string of the molecule is CO[PH](C)(Cl)OC. The van der Waals surface area contributed by atoms with Crippen molar-refractivity contribution < 1.29 is 9.05 Å². The first-order chi connectivity index (χ1) is 3.12. The second kappa shape index (κ2) is 2.83. The third-order valence-electron chi connectivity index (χ3n) is 0.729. The van der Waals surface area contributed by atoms with E-state index in [4.69, 9.17) is 20.3 Å². The van der Waals surface area contributed by atoms with Crippen molar-refractivity contribution in [2.24, 2.45) is 0 Å². The minimum atomic E-state index is -2.18. The van der Waals surface area contributed by atoms with Crippen LogP contribution in [0.4, 0.5) is 0 Å². The molecule has 0 bridgehead atoms. The average molecular weight is 145 g/mol. The van der Waals surface area contributed by atoms with Gasteiger partial charge in [-0.15, -0.1) is 0 Å². The van der Waals surface area contributed by atoms with Crippen LogP contribution >= 0.6 is 18.3 Å². The van der Waals surface area contributed by atoms with E-state index in [0.717, 1.165) is 0 Å². The molecule has 0 atom stereocenters. The summed E-state index contributed by atoms with van der Waals surface area (Å²) in [6.45, 7) is 1.76. The zero-order valence-electron chi connectivity index (χ0n) is 4.69. The molecule has 0 saturated carbocycles. The van der Waals surface area contributed by atoms with Crippen molar-refractivity contribution in [3.05, 3.63) is 0 Å². The molecule has 0 aromatic rings. The summed E-state index contributed by atoms with van der Waals surface area (Å²) in [6, 6.07) is 0. The topological polar surface area (TPSA) is 18.5 Å². The van der Waals surface area contributed by atoms with Crippen LogP contribution in [0.5, 0.6) is 0 Å². The Labute approximate surface area is 49.0 Å². The Bertz CT molecular complexity index is 50.9. The fraction of sp³-hybridized carbons (Fsp3) is 1.00. The molecule has 0 aliphatic heterocycles. The minimum absolute atomic E-state index is 1.54. The van der Waals surface area contributed by atoms with Crippen LogP contribution < -0.4 is 0 Å². The van der Waals surface area contributed by atoms with E-state index < -0.39 is 7.07 Å². The molecule has 0 rings (SSSR count). The predicted octanol–water partition coefficient (Wildman–Crippen LogP) is 1.64. The molecule has 0 aliphatic rings. The van der Waals surface area contributed by atoms with Crippen LogP contribution in [0.3, 0.4) is 0 Å². The van der Waals surface area contributed by atoms with E-state index in [0.29, 0.717) is 0 Å². The molecule has 0 N–H and O–H groups in total. The summed E-state index contributed by atoms with van der Waals surface area (Å²) in [5.74, 6) is 0. The molecular formula is C3H10ClO2P. The standard InChI is InChI=1S/C3H10ClO2P/c1-5-7(3,4)6-2/h7H,1-3H3. The van der Waals surface area contributed by atoms with Crippen molar-refractivity contribution in [2.75, 3.05) is 20.9 Å². The van der Waals surface area contributed by atoms with Gasteiger partial charge in [-0.1, -0.05) is 0 Å². The van der Waals surface area contributed by atoms with Crippen molar-refractivity contribution in [3.63, 3.8) is 0 Å².